The van der Waals surface area contributed by atoms with Crippen LogP contribution < -0.4 is 0 Å². The molecule has 0 unspecified atom stereocenters. The van der Waals surface area contributed by atoms with Crippen LogP contribution >= 0.6 is 34.8 Å². The molecule has 0 aliphatic heterocycles. The second-order valence-electron chi connectivity index (χ2n) is 3.82. The average molecular weight is 312 g/mol. The lowest BCUT2D eigenvalue weighted by atomic mass is 10.1. The first-order chi connectivity index (χ1) is 9.09. The summed E-state index contributed by atoms with van der Waals surface area (Å²) < 4.78 is 0. The SMILES string of the molecule is O=C(/C=C(\Cl)c1ccccc1Cl)c1ccccc1Cl. The zero-order valence-corrected chi connectivity index (χ0v) is 12.0. The van der Waals surface area contributed by atoms with Gasteiger partial charge in [-0.15, -0.1) is 0 Å². The van der Waals surface area contributed by atoms with Crippen molar-refractivity contribution < 1.29 is 4.79 Å². The van der Waals surface area contributed by atoms with E-state index in [1.807, 2.05) is 0 Å². The lowest BCUT2D eigenvalue weighted by Crippen LogP contribution is -1.96. The summed E-state index contributed by atoms with van der Waals surface area (Å²) in [5.41, 5.74) is 1.03. The predicted molar refractivity (Wildman–Crippen MR) is 81.1 cm³/mol. The Labute approximate surface area is 126 Å². The highest BCUT2D eigenvalue weighted by Gasteiger charge is 2.10. The van der Waals surface area contributed by atoms with Crippen LogP contribution in [0.15, 0.2) is 54.6 Å². The van der Waals surface area contributed by atoms with Gasteiger partial charge in [0.2, 0.25) is 0 Å². The molecule has 2 aromatic rings. The van der Waals surface area contributed by atoms with E-state index in [1.165, 1.54) is 6.08 Å². The fraction of sp³-hybridized carbons (Fsp3) is 0. The van der Waals surface area contributed by atoms with Gasteiger partial charge in [0, 0.05) is 22.2 Å². The van der Waals surface area contributed by atoms with E-state index >= 15 is 0 Å². The van der Waals surface area contributed by atoms with Gasteiger partial charge in [-0.3, -0.25) is 4.79 Å². The second-order valence-corrected chi connectivity index (χ2v) is 5.04. The van der Waals surface area contributed by atoms with Crippen LogP contribution in [0.4, 0.5) is 0 Å². The standard InChI is InChI=1S/C15H9Cl3O/c16-12-7-3-1-5-10(12)14(18)9-15(19)11-6-2-4-8-13(11)17/h1-9H/b14-9-. The molecule has 0 bridgehead atoms. The van der Waals surface area contributed by atoms with Crippen LogP contribution in [-0.2, 0) is 0 Å². The first-order valence-electron chi connectivity index (χ1n) is 5.50. The summed E-state index contributed by atoms with van der Waals surface area (Å²) in [6, 6.07) is 13.9. The second kappa shape index (κ2) is 6.25. The molecule has 0 aliphatic rings. The molecule has 0 atom stereocenters. The van der Waals surface area contributed by atoms with Gasteiger partial charge in [-0.1, -0.05) is 65.1 Å². The van der Waals surface area contributed by atoms with Gasteiger partial charge in [0.1, 0.15) is 0 Å². The Kier molecular flexibility index (Phi) is 4.65. The quantitative estimate of drug-likeness (QED) is 0.543. The fourth-order valence-electron chi connectivity index (χ4n) is 1.59. The van der Waals surface area contributed by atoms with Crippen molar-refractivity contribution in [2.24, 2.45) is 0 Å². The maximum absolute atomic E-state index is 12.1. The van der Waals surface area contributed by atoms with E-state index in [0.29, 0.717) is 21.2 Å². The zero-order valence-electron chi connectivity index (χ0n) is 9.74. The van der Waals surface area contributed by atoms with Crippen LogP contribution in [0.3, 0.4) is 0 Å². The normalized spacial score (nSPS) is 11.4. The van der Waals surface area contributed by atoms with Crippen molar-refractivity contribution in [3.8, 4) is 0 Å². The van der Waals surface area contributed by atoms with Crippen molar-refractivity contribution in [1.29, 1.82) is 0 Å². The Morgan fingerprint density at radius 3 is 1.84 bits per heavy atom. The summed E-state index contributed by atoms with van der Waals surface area (Å²) in [4.78, 5) is 12.1. The van der Waals surface area contributed by atoms with Gasteiger partial charge in [-0.05, 0) is 18.2 Å². The van der Waals surface area contributed by atoms with Crippen molar-refractivity contribution >= 4 is 45.6 Å². The number of ketones is 1. The molecular weight excluding hydrogens is 303 g/mol. The molecule has 0 N–H and O–H groups in total. The third kappa shape index (κ3) is 3.38. The maximum atomic E-state index is 12.1. The van der Waals surface area contributed by atoms with Gasteiger partial charge in [0.15, 0.2) is 5.78 Å². The third-order valence-corrected chi connectivity index (χ3v) is 3.50. The van der Waals surface area contributed by atoms with Crippen LogP contribution in [0, 0.1) is 0 Å². The molecular formula is C15H9Cl3O. The highest BCUT2D eigenvalue weighted by atomic mass is 35.5. The van der Waals surface area contributed by atoms with E-state index < -0.39 is 0 Å². The van der Waals surface area contributed by atoms with Gasteiger partial charge in [-0.2, -0.15) is 0 Å². The monoisotopic (exact) mass is 310 g/mol. The summed E-state index contributed by atoms with van der Waals surface area (Å²) in [5, 5.41) is 1.18. The first-order valence-corrected chi connectivity index (χ1v) is 6.64. The molecule has 0 aromatic heterocycles. The van der Waals surface area contributed by atoms with Crippen LogP contribution in [0.5, 0.6) is 0 Å². The number of carbonyl (C=O) groups is 1. The molecule has 0 spiro atoms. The summed E-state index contributed by atoms with van der Waals surface area (Å²) >= 11 is 18.1. The molecule has 0 aliphatic carbocycles. The van der Waals surface area contributed by atoms with E-state index in [0.717, 1.165) is 0 Å². The van der Waals surface area contributed by atoms with Crippen LogP contribution in [-0.4, -0.2) is 5.78 Å². The number of hydrogen-bond acceptors (Lipinski definition) is 1. The minimum Gasteiger partial charge on any atom is -0.289 e. The summed E-state index contributed by atoms with van der Waals surface area (Å²) in [6.07, 6.45) is 1.32. The Balaban J connectivity index is 2.34. The molecule has 96 valence electrons. The molecule has 1 nitrogen and oxygen atoms in total. The molecule has 4 heteroatoms. The van der Waals surface area contributed by atoms with Crippen molar-refractivity contribution in [3.05, 3.63) is 75.8 Å². The topological polar surface area (TPSA) is 17.1 Å². The van der Waals surface area contributed by atoms with Gasteiger partial charge in [0.05, 0.1) is 10.1 Å². The van der Waals surface area contributed by atoms with Crippen LogP contribution in [0.25, 0.3) is 5.03 Å². The lowest BCUT2D eigenvalue weighted by molar-refractivity contribution is 0.104. The first kappa shape index (κ1) is 14.1. The molecule has 0 radical (unpaired) electrons. The minimum absolute atomic E-state index is 0.254. The average Bonchev–Trinajstić information content (AvgIpc) is 2.39. The van der Waals surface area contributed by atoms with Gasteiger partial charge in [-0.25, -0.2) is 0 Å². The van der Waals surface area contributed by atoms with Crippen molar-refractivity contribution in [2.75, 3.05) is 0 Å². The number of carbonyl (C=O) groups excluding carboxylic acids is 1. The molecule has 0 fully saturated rings. The Morgan fingerprint density at radius 2 is 1.32 bits per heavy atom. The van der Waals surface area contributed by atoms with Gasteiger partial charge < -0.3 is 0 Å². The molecule has 0 saturated carbocycles. The maximum Gasteiger partial charge on any atom is 0.188 e. The van der Waals surface area contributed by atoms with E-state index in [-0.39, 0.29) is 10.8 Å². The smallest absolute Gasteiger partial charge is 0.188 e. The summed E-state index contributed by atoms with van der Waals surface area (Å²) in [6.45, 7) is 0. The zero-order chi connectivity index (χ0) is 13.8. The molecule has 0 amide bonds. The number of allylic oxidation sites excluding steroid dienone is 1. The van der Waals surface area contributed by atoms with E-state index in [9.17, 15) is 4.79 Å². The molecule has 0 saturated heterocycles. The van der Waals surface area contributed by atoms with Gasteiger partial charge in [0.25, 0.3) is 0 Å². The van der Waals surface area contributed by atoms with Crippen LogP contribution in [0.2, 0.25) is 10.0 Å². The summed E-state index contributed by atoms with van der Waals surface area (Å²) in [5.74, 6) is -0.254. The Morgan fingerprint density at radius 1 is 0.842 bits per heavy atom. The van der Waals surface area contributed by atoms with E-state index in [1.54, 1.807) is 48.5 Å². The Bertz CT molecular complexity index is 647. The third-order valence-electron chi connectivity index (χ3n) is 2.53. The summed E-state index contributed by atoms with van der Waals surface area (Å²) in [7, 11) is 0. The van der Waals surface area contributed by atoms with E-state index in [4.69, 9.17) is 34.8 Å². The van der Waals surface area contributed by atoms with Crippen molar-refractivity contribution in [1.82, 2.24) is 0 Å². The largest absolute Gasteiger partial charge is 0.289 e. The minimum atomic E-state index is -0.254. The molecule has 0 heterocycles. The number of benzene rings is 2. The number of rotatable bonds is 3. The van der Waals surface area contributed by atoms with Gasteiger partial charge >= 0.3 is 0 Å². The van der Waals surface area contributed by atoms with Crippen molar-refractivity contribution in [2.45, 2.75) is 0 Å². The number of halogens is 3. The van der Waals surface area contributed by atoms with Crippen LogP contribution in [0.1, 0.15) is 15.9 Å². The predicted octanol–water partition coefficient (Wildman–Crippen LogP) is 5.46. The highest BCUT2D eigenvalue weighted by Crippen LogP contribution is 2.27. The van der Waals surface area contributed by atoms with Crippen molar-refractivity contribution in [3.63, 3.8) is 0 Å². The molecule has 2 rings (SSSR count). The fourth-order valence-corrected chi connectivity index (χ4v) is 2.37. The lowest BCUT2D eigenvalue weighted by Gasteiger charge is -2.03. The Hall–Kier alpha value is -1.28. The van der Waals surface area contributed by atoms with E-state index in [2.05, 4.69) is 0 Å². The highest BCUT2D eigenvalue weighted by molar-refractivity contribution is 6.52. The molecule has 2 aromatic carbocycles. The molecule has 19 heavy (non-hydrogen) atoms. The number of hydrogen-bond donors (Lipinski definition) is 0.